The molecule has 1 aliphatic heterocycles. The van der Waals surface area contributed by atoms with Crippen molar-refractivity contribution in [3.8, 4) is 28.6 Å². The summed E-state index contributed by atoms with van der Waals surface area (Å²) in [5.41, 5.74) is 2.70. The number of nitrogens with zero attached hydrogens (tertiary/aromatic N) is 3. The van der Waals surface area contributed by atoms with E-state index in [0.29, 0.717) is 26.8 Å². The molecule has 144 valence electrons. The molecule has 1 unspecified atom stereocenters. The molecule has 7 nitrogen and oxygen atoms in total. The first kappa shape index (κ1) is 19.3. The Hall–Kier alpha value is -2.04. The highest BCUT2D eigenvalue weighted by Crippen LogP contribution is 2.43. The number of aromatic nitrogens is 3. The maximum atomic E-state index is 10.0. The summed E-state index contributed by atoms with van der Waals surface area (Å²) in [7, 11) is 0. The smallest absolute Gasteiger partial charge is 0.247 e. The van der Waals surface area contributed by atoms with Crippen molar-refractivity contribution in [1.82, 2.24) is 15.2 Å². The van der Waals surface area contributed by atoms with Gasteiger partial charge in [0.25, 0.3) is 0 Å². The van der Waals surface area contributed by atoms with Crippen LogP contribution in [0.3, 0.4) is 0 Å². The summed E-state index contributed by atoms with van der Waals surface area (Å²) >= 11 is 8.20. The fourth-order valence-corrected chi connectivity index (χ4v) is 4.10. The number of hydrogen-bond donors (Lipinski definition) is 3. The number of benzene rings is 2. The van der Waals surface area contributed by atoms with Crippen LogP contribution in [-0.2, 0) is 0 Å². The average Bonchev–Trinajstić information content (AvgIpc) is 2.82. The van der Waals surface area contributed by atoms with Crippen LogP contribution in [-0.4, -0.2) is 31.1 Å². The molecule has 4 rings (SSSR count). The summed E-state index contributed by atoms with van der Waals surface area (Å²) < 4.78 is 7.38. The molecule has 0 fully saturated rings. The molecule has 1 atom stereocenters. The van der Waals surface area contributed by atoms with Crippen LogP contribution in [0.2, 0.25) is 0 Å². The van der Waals surface area contributed by atoms with Gasteiger partial charge in [-0.05, 0) is 52.0 Å². The summed E-state index contributed by atoms with van der Waals surface area (Å²) in [4.78, 5) is 4.52. The number of halogens is 2. The topological polar surface area (TPSA) is 100 Å². The molecule has 10 heteroatoms. The Balaban J connectivity index is 1.86. The van der Waals surface area contributed by atoms with Crippen LogP contribution < -0.4 is 10.1 Å². The first-order valence-electron chi connectivity index (χ1n) is 8.28. The van der Waals surface area contributed by atoms with Gasteiger partial charge in [-0.25, -0.2) is 0 Å². The number of hydrogen-bond acceptors (Lipinski definition) is 8. The highest BCUT2D eigenvalue weighted by molar-refractivity contribution is 9.10. The fourth-order valence-electron chi connectivity index (χ4n) is 2.77. The standard InChI is InChI=1S/C18H14Br2N4O3S/c1-2-28-18-22-17-14(23-24-18)10-7-9(19)3-4-12(10)21-16(27-17)8-5-11(20)15(26)13(25)6-8/h3-7,16,21,25-26H,2H2,1H3. The second-order valence-electron chi connectivity index (χ2n) is 5.88. The third-order valence-electron chi connectivity index (χ3n) is 4.03. The number of phenols is 2. The Bertz CT molecular complexity index is 1040. The van der Waals surface area contributed by atoms with Crippen molar-refractivity contribution in [2.75, 3.05) is 11.1 Å². The van der Waals surface area contributed by atoms with Gasteiger partial charge in [-0.15, -0.1) is 10.2 Å². The minimum absolute atomic E-state index is 0.229. The predicted molar refractivity (Wildman–Crippen MR) is 114 cm³/mol. The van der Waals surface area contributed by atoms with Crippen LogP contribution in [0.5, 0.6) is 17.4 Å². The van der Waals surface area contributed by atoms with Gasteiger partial charge in [0.1, 0.15) is 0 Å². The zero-order valence-corrected chi connectivity index (χ0v) is 18.5. The number of thioether (sulfide) groups is 1. The van der Waals surface area contributed by atoms with Crippen molar-refractivity contribution in [3.63, 3.8) is 0 Å². The lowest BCUT2D eigenvalue weighted by atomic mass is 10.1. The van der Waals surface area contributed by atoms with Crippen molar-refractivity contribution in [2.45, 2.75) is 18.3 Å². The SMILES string of the molecule is CCSc1nnc2c(n1)OC(c1cc(O)c(O)c(Br)c1)Nc1ccc(Br)cc1-2. The van der Waals surface area contributed by atoms with E-state index in [0.717, 1.165) is 21.5 Å². The summed E-state index contributed by atoms with van der Waals surface area (Å²) in [6.45, 7) is 2.01. The van der Waals surface area contributed by atoms with Crippen LogP contribution in [0.25, 0.3) is 11.3 Å². The second kappa shape index (κ2) is 7.76. The van der Waals surface area contributed by atoms with Crippen molar-refractivity contribution in [2.24, 2.45) is 0 Å². The van der Waals surface area contributed by atoms with Crippen molar-refractivity contribution >= 4 is 49.3 Å². The molecule has 0 radical (unpaired) electrons. The van der Waals surface area contributed by atoms with E-state index in [-0.39, 0.29) is 11.5 Å². The largest absolute Gasteiger partial charge is 0.504 e. The van der Waals surface area contributed by atoms with Gasteiger partial charge in [0.15, 0.2) is 23.4 Å². The highest BCUT2D eigenvalue weighted by Gasteiger charge is 2.27. The van der Waals surface area contributed by atoms with E-state index in [1.165, 1.54) is 17.8 Å². The number of rotatable bonds is 3. The third kappa shape index (κ3) is 3.63. The van der Waals surface area contributed by atoms with Gasteiger partial charge in [0.2, 0.25) is 11.0 Å². The molecule has 1 aliphatic rings. The maximum absolute atomic E-state index is 10.0. The first-order chi connectivity index (χ1) is 13.5. The lowest BCUT2D eigenvalue weighted by Crippen LogP contribution is -2.17. The van der Waals surface area contributed by atoms with E-state index in [2.05, 4.69) is 52.4 Å². The molecule has 0 aliphatic carbocycles. The Morgan fingerprint density at radius 1 is 1.18 bits per heavy atom. The monoisotopic (exact) mass is 524 g/mol. The van der Waals surface area contributed by atoms with Gasteiger partial charge in [-0.2, -0.15) is 4.98 Å². The predicted octanol–water partition coefficient (Wildman–Crippen LogP) is 5.09. The number of nitrogens with one attached hydrogen (secondary N) is 1. The van der Waals surface area contributed by atoms with Gasteiger partial charge in [0, 0.05) is 21.3 Å². The van der Waals surface area contributed by atoms with Gasteiger partial charge in [-0.3, -0.25) is 0 Å². The lowest BCUT2D eigenvalue weighted by Gasteiger charge is -2.20. The molecule has 3 N–H and O–H groups in total. The zero-order chi connectivity index (χ0) is 19.8. The number of ether oxygens (including phenoxy) is 1. The van der Waals surface area contributed by atoms with Gasteiger partial charge < -0.3 is 20.3 Å². The third-order valence-corrected chi connectivity index (χ3v) is 5.85. The Labute approximate surface area is 181 Å². The van der Waals surface area contributed by atoms with Crippen LogP contribution in [0.15, 0.2) is 44.4 Å². The first-order valence-corrected chi connectivity index (χ1v) is 10.9. The van der Waals surface area contributed by atoms with E-state index in [9.17, 15) is 10.2 Å². The van der Waals surface area contributed by atoms with Crippen LogP contribution >= 0.6 is 43.6 Å². The molecule has 0 amide bonds. The van der Waals surface area contributed by atoms with Crippen LogP contribution in [0.4, 0.5) is 5.69 Å². The highest BCUT2D eigenvalue weighted by atomic mass is 79.9. The summed E-state index contributed by atoms with van der Waals surface area (Å²) in [5, 5.41) is 32.2. The summed E-state index contributed by atoms with van der Waals surface area (Å²) in [6.07, 6.45) is -0.667. The molecular formula is C18H14Br2N4O3S. The maximum Gasteiger partial charge on any atom is 0.247 e. The number of phenolic OH excluding ortho intramolecular Hbond substituents is 2. The Morgan fingerprint density at radius 3 is 2.75 bits per heavy atom. The van der Waals surface area contributed by atoms with Crippen molar-refractivity contribution in [3.05, 3.63) is 44.8 Å². The summed E-state index contributed by atoms with van der Waals surface area (Å²) in [5.74, 6) is 0.665. The Kier molecular flexibility index (Phi) is 5.35. The van der Waals surface area contributed by atoms with E-state index in [1.54, 1.807) is 6.07 Å². The average molecular weight is 526 g/mol. The van der Waals surface area contributed by atoms with E-state index in [1.807, 2.05) is 25.1 Å². The van der Waals surface area contributed by atoms with Gasteiger partial charge >= 0.3 is 0 Å². The number of aromatic hydroxyl groups is 2. The second-order valence-corrected chi connectivity index (χ2v) is 8.88. The van der Waals surface area contributed by atoms with E-state index in [4.69, 9.17) is 4.74 Å². The normalized spacial score (nSPS) is 15.0. The fraction of sp³-hybridized carbons (Fsp3) is 0.167. The molecule has 2 heterocycles. The minimum Gasteiger partial charge on any atom is -0.504 e. The van der Waals surface area contributed by atoms with Crippen LogP contribution in [0, 0.1) is 0 Å². The van der Waals surface area contributed by atoms with Crippen molar-refractivity contribution < 1.29 is 14.9 Å². The molecule has 1 aromatic heterocycles. The number of anilines is 1. The van der Waals surface area contributed by atoms with Crippen molar-refractivity contribution in [1.29, 1.82) is 0 Å². The molecule has 0 bridgehead atoms. The minimum atomic E-state index is -0.667. The lowest BCUT2D eigenvalue weighted by molar-refractivity contribution is 0.224. The van der Waals surface area contributed by atoms with Gasteiger partial charge in [0.05, 0.1) is 4.47 Å². The quantitative estimate of drug-likeness (QED) is 0.321. The molecule has 0 spiro atoms. The zero-order valence-electron chi connectivity index (χ0n) is 14.5. The Morgan fingerprint density at radius 2 is 2.00 bits per heavy atom. The molecular weight excluding hydrogens is 512 g/mol. The van der Waals surface area contributed by atoms with Gasteiger partial charge in [-0.1, -0.05) is 34.6 Å². The molecule has 2 aromatic carbocycles. The molecule has 0 saturated carbocycles. The summed E-state index contributed by atoms with van der Waals surface area (Å²) in [6, 6.07) is 8.83. The molecule has 0 saturated heterocycles. The van der Waals surface area contributed by atoms with E-state index < -0.39 is 6.23 Å². The van der Waals surface area contributed by atoms with Crippen LogP contribution in [0.1, 0.15) is 18.7 Å². The molecule has 3 aromatic rings. The molecule has 28 heavy (non-hydrogen) atoms. The van der Waals surface area contributed by atoms with E-state index >= 15 is 0 Å². The number of fused-ring (bicyclic) bond motifs is 3.